The number of hydrogen-bond donors (Lipinski definition) is 0. The smallest absolute Gasteiger partial charge is 0.0409 e. The van der Waals surface area contributed by atoms with Gasteiger partial charge in [0.05, 0.1) is 0 Å². The van der Waals surface area contributed by atoms with E-state index < -0.39 is 0 Å². The van der Waals surface area contributed by atoms with Gasteiger partial charge in [-0.2, -0.15) is 0 Å². The van der Waals surface area contributed by atoms with Crippen molar-refractivity contribution in [3.8, 4) is 0 Å². The monoisotopic (exact) mass is 266 g/mol. The van der Waals surface area contributed by atoms with E-state index in [4.69, 9.17) is 0 Å². The average molecular weight is 267 g/mol. The maximum Gasteiger partial charge on any atom is -0.0409 e. The van der Waals surface area contributed by atoms with Gasteiger partial charge in [0, 0.05) is 0 Å². The van der Waals surface area contributed by atoms with Gasteiger partial charge in [-0.15, -0.1) is 0 Å². The van der Waals surface area contributed by atoms with Crippen molar-refractivity contribution >= 4 is 0 Å². The van der Waals surface area contributed by atoms with Gasteiger partial charge in [-0.05, 0) is 42.9 Å². The van der Waals surface area contributed by atoms with Crippen LogP contribution in [0.4, 0.5) is 0 Å². The van der Waals surface area contributed by atoms with Crippen LogP contribution in [0.5, 0.6) is 0 Å². The second-order valence-corrected chi connectivity index (χ2v) is 7.51. The summed E-state index contributed by atoms with van der Waals surface area (Å²) in [5, 5.41) is 0. The van der Waals surface area contributed by atoms with Crippen molar-refractivity contribution in [1.82, 2.24) is 0 Å². The number of rotatable bonds is 8. The molecule has 114 valence electrons. The maximum absolute atomic E-state index is 2.48. The van der Waals surface area contributed by atoms with E-state index in [9.17, 15) is 0 Å². The molecule has 0 aromatic heterocycles. The Bertz CT molecular complexity index is 208. The summed E-state index contributed by atoms with van der Waals surface area (Å²) >= 11 is 0. The predicted octanol–water partition coefficient (Wildman–Crippen LogP) is 6.84. The van der Waals surface area contributed by atoms with Gasteiger partial charge in [0.1, 0.15) is 0 Å². The molecule has 0 N–H and O–H groups in total. The molecular formula is C19H38. The normalized spacial score (nSPS) is 27.8. The molecule has 0 aliphatic heterocycles. The summed E-state index contributed by atoms with van der Waals surface area (Å²) in [6.45, 7) is 9.65. The van der Waals surface area contributed by atoms with E-state index >= 15 is 0 Å². The molecule has 0 spiro atoms. The van der Waals surface area contributed by atoms with Gasteiger partial charge in [0.2, 0.25) is 0 Å². The third-order valence-electron chi connectivity index (χ3n) is 5.18. The van der Waals surface area contributed by atoms with E-state index in [1.807, 2.05) is 0 Å². The van der Waals surface area contributed by atoms with E-state index in [0.717, 1.165) is 23.7 Å². The van der Waals surface area contributed by atoms with Crippen molar-refractivity contribution in [2.24, 2.45) is 23.7 Å². The van der Waals surface area contributed by atoms with E-state index in [2.05, 4.69) is 27.7 Å². The molecule has 0 nitrogen and oxygen atoms in total. The standard InChI is InChI=1S/C19H38/c1-5-9-16(3)13-18(10-6-2)15-19-12-8-7-11-17(4)14-19/h16-19H,5-15H2,1-4H3. The van der Waals surface area contributed by atoms with Crippen LogP contribution in [0.3, 0.4) is 0 Å². The first-order valence-electron chi connectivity index (χ1n) is 9.15. The van der Waals surface area contributed by atoms with Crippen molar-refractivity contribution in [1.29, 1.82) is 0 Å². The van der Waals surface area contributed by atoms with Crippen LogP contribution in [0.2, 0.25) is 0 Å². The highest BCUT2D eigenvalue weighted by Crippen LogP contribution is 2.35. The number of hydrogen-bond acceptors (Lipinski definition) is 0. The van der Waals surface area contributed by atoms with Crippen LogP contribution in [0.1, 0.15) is 98.3 Å². The van der Waals surface area contributed by atoms with E-state index in [0.29, 0.717) is 0 Å². The summed E-state index contributed by atoms with van der Waals surface area (Å²) in [5.41, 5.74) is 0. The Balaban J connectivity index is 2.41. The van der Waals surface area contributed by atoms with Crippen molar-refractivity contribution < 1.29 is 0 Å². The fourth-order valence-corrected chi connectivity index (χ4v) is 4.34. The molecule has 4 unspecified atom stereocenters. The Hall–Kier alpha value is 0. The first-order chi connectivity index (χ1) is 9.15. The highest BCUT2D eigenvalue weighted by molar-refractivity contribution is 4.74. The second-order valence-electron chi connectivity index (χ2n) is 7.51. The Morgan fingerprint density at radius 2 is 1.68 bits per heavy atom. The molecule has 0 heterocycles. The van der Waals surface area contributed by atoms with Crippen molar-refractivity contribution in [2.75, 3.05) is 0 Å². The molecule has 0 bridgehead atoms. The van der Waals surface area contributed by atoms with Crippen molar-refractivity contribution in [2.45, 2.75) is 98.3 Å². The SMILES string of the molecule is CCCC(C)CC(CCC)CC1CCCCC(C)C1. The minimum atomic E-state index is 0.949. The van der Waals surface area contributed by atoms with E-state index in [-0.39, 0.29) is 0 Å². The molecule has 1 rings (SSSR count). The van der Waals surface area contributed by atoms with Gasteiger partial charge in [0.15, 0.2) is 0 Å². The molecule has 19 heavy (non-hydrogen) atoms. The molecule has 0 radical (unpaired) electrons. The lowest BCUT2D eigenvalue weighted by Crippen LogP contribution is -2.13. The molecule has 0 aromatic rings. The molecular weight excluding hydrogens is 228 g/mol. The molecule has 0 saturated heterocycles. The van der Waals surface area contributed by atoms with E-state index in [1.165, 1.54) is 70.6 Å². The van der Waals surface area contributed by atoms with Gasteiger partial charge >= 0.3 is 0 Å². The minimum Gasteiger partial charge on any atom is -0.0654 e. The highest BCUT2D eigenvalue weighted by atomic mass is 14.3. The Morgan fingerprint density at radius 3 is 2.37 bits per heavy atom. The molecule has 1 aliphatic carbocycles. The van der Waals surface area contributed by atoms with Gasteiger partial charge in [0.25, 0.3) is 0 Å². The summed E-state index contributed by atoms with van der Waals surface area (Å²) in [6, 6.07) is 0. The van der Waals surface area contributed by atoms with Crippen LogP contribution in [0, 0.1) is 23.7 Å². The van der Waals surface area contributed by atoms with Crippen molar-refractivity contribution in [3.05, 3.63) is 0 Å². The largest absolute Gasteiger partial charge is 0.0654 e. The average Bonchev–Trinajstić information content (AvgIpc) is 2.54. The zero-order valence-corrected chi connectivity index (χ0v) is 14.1. The van der Waals surface area contributed by atoms with Crippen molar-refractivity contribution in [3.63, 3.8) is 0 Å². The fraction of sp³-hybridized carbons (Fsp3) is 1.00. The van der Waals surface area contributed by atoms with Crippen LogP contribution in [0.15, 0.2) is 0 Å². The summed E-state index contributed by atoms with van der Waals surface area (Å²) in [6.07, 6.45) is 16.2. The minimum absolute atomic E-state index is 0.949. The Labute approximate surface area is 122 Å². The lowest BCUT2D eigenvalue weighted by atomic mass is 9.80. The molecule has 0 aromatic carbocycles. The summed E-state index contributed by atoms with van der Waals surface area (Å²) in [7, 11) is 0. The lowest BCUT2D eigenvalue weighted by Gasteiger charge is -2.26. The zero-order valence-electron chi connectivity index (χ0n) is 14.1. The Morgan fingerprint density at radius 1 is 1.00 bits per heavy atom. The summed E-state index contributed by atoms with van der Waals surface area (Å²) in [4.78, 5) is 0. The third-order valence-corrected chi connectivity index (χ3v) is 5.18. The predicted molar refractivity (Wildman–Crippen MR) is 87.4 cm³/mol. The van der Waals surface area contributed by atoms with E-state index in [1.54, 1.807) is 0 Å². The molecule has 1 saturated carbocycles. The van der Waals surface area contributed by atoms with Crippen LogP contribution in [-0.4, -0.2) is 0 Å². The summed E-state index contributed by atoms with van der Waals surface area (Å²) in [5.74, 6) is 4.00. The maximum atomic E-state index is 2.48. The molecule has 0 heteroatoms. The molecule has 1 aliphatic rings. The fourth-order valence-electron chi connectivity index (χ4n) is 4.34. The molecule has 1 fully saturated rings. The topological polar surface area (TPSA) is 0 Å². The van der Waals surface area contributed by atoms with Crippen LogP contribution in [-0.2, 0) is 0 Å². The third kappa shape index (κ3) is 7.37. The lowest BCUT2D eigenvalue weighted by molar-refractivity contribution is 0.260. The highest BCUT2D eigenvalue weighted by Gasteiger charge is 2.21. The molecule has 0 amide bonds. The quantitative estimate of drug-likeness (QED) is 0.422. The summed E-state index contributed by atoms with van der Waals surface area (Å²) < 4.78 is 0. The first-order valence-corrected chi connectivity index (χ1v) is 9.15. The zero-order chi connectivity index (χ0) is 14.1. The second kappa shape index (κ2) is 9.83. The molecule has 4 atom stereocenters. The Kier molecular flexibility index (Phi) is 8.83. The van der Waals surface area contributed by atoms with Gasteiger partial charge in [-0.1, -0.05) is 79.1 Å². The van der Waals surface area contributed by atoms with Crippen LogP contribution in [0.25, 0.3) is 0 Å². The van der Waals surface area contributed by atoms with Gasteiger partial charge < -0.3 is 0 Å². The first kappa shape index (κ1) is 17.1. The van der Waals surface area contributed by atoms with Gasteiger partial charge in [-0.25, -0.2) is 0 Å². The van der Waals surface area contributed by atoms with Gasteiger partial charge in [-0.3, -0.25) is 0 Å². The van der Waals surface area contributed by atoms with Crippen LogP contribution < -0.4 is 0 Å². The van der Waals surface area contributed by atoms with Crippen LogP contribution >= 0.6 is 0 Å².